The molecule has 0 bridgehead atoms. The molecule has 1 amide bonds. The van der Waals surface area contributed by atoms with E-state index in [4.69, 9.17) is 4.74 Å². The quantitative estimate of drug-likeness (QED) is 0.717. The fourth-order valence-corrected chi connectivity index (χ4v) is 3.17. The molecule has 0 aromatic heterocycles. The molecule has 23 heavy (non-hydrogen) atoms. The van der Waals surface area contributed by atoms with Gasteiger partial charge in [-0.3, -0.25) is 9.59 Å². The molecule has 0 N–H and O–H groups in total. The number of ether oxygens (including phenoxy) is 1. The molecule has 1 aliphatic heterocycles. The Morgan fingerprint density at radius 2 is 1.74 bits per heavy atom. The largest absolute Gasteiger partial charge is 0.469 e. The molecule has 1 rings (SSSR count). The molecular formula is C17H35NO3S2. The summed E-state index contributed by atoms with van der Waals surface area (Å²) in [4.78, 5) is 26.6. The van der Waals surface area contributed by atoms with Crippen LogP contribution in [0, 0.1) is 17.3 Å². The van der Waals surface area contributed by atoms with Crippen molar-refractivity contribution in [3.8, 4) is 0 Å². The van der Waals surface area contributed by atoms with Crippen molar-refractivity contribution >= 4 is 38.9 Å². The van der Waals surface area contributed by atoms with Crippen LogP contribution in [-0.2, 0) is 14.3 Å². The van der Waals surface area contributed by atoms with Gasteiger partial charge in [-0.1, -0.05) is 34.6 Å². The molecular weight excluding hydrogens is 330 g/mol. The highest BCUT2D eigenvalue weighted by Crippen LogP contribution is 2.44. The maximum absolute atomic E-state index is 13.0. The smallest absolute Gasteiger partial charge is 0.306 e. The molecule has 4 nitrogen and oxygen atoms in total. The highest BCUT2D eigenvalue weighted by Gasteiger charge is 2.49. The number of carbonyl (C=O) groups excluding carboxylic acids is 2. The van der Waals surface area contributed by atoms with Crippen molar-refractivity contribution < 1.29 is 14.3 Å². The topological polar surface area (TPSA) is 46.6 Å². The average molecular weight is 366 g/mol. The Morgan fingerprint density at radius 3 is 2.13 bits per heavy atom. The van der Waals surface area contributed by atoms with Gasteiger partial charge in [0.15, 0.2) is 0 Å². The van der Waals surface area contributed by atoms with Gasteiger partial charge in [0.2, 0.25) is 5.91 Å². The third kappa shape index (κ3) is 5.31. The average Bonchev–Trinajstić information content (AvgIpc) is 2.77. The number of amides is 1. The first kappa shape index (κ1) is 24.9. The van der Waals surface area contributed by atoms with Gasteiger partial charge in [-0.25, -0.2) is 0 Å². The van der Waals surface area contributed by atoms with Crippen molar-refractivity contribution in [1.82, 2.24) is 4.90 Å². The van der Waals surface area contributed by atoms with E-state index in [-0.39, 0.29) is 68.1 Å². The van der Waals surface area contributed by atoms with Crippen LogP contribution in [0.2, 0.25) is 0 Å². The van der Waals surface area contributed by atoms with Crippen molar-refractivity contribution in [3.05, 3.63) is 0 Å². The van der Waals surface area contributed by atoms with E-state index in [1.54, 1.807) is 0 Å². The van der Waals surface area contributed by atoms with Crippen molar-refractivity contribution in [3.63, 3.8) is 0 Å². The van der Waals surface area contributed by atoms with E-state index in [0.717, 1.165) is 19.4 Å². The Hall–Kier alpha value is -0.360. The number of carbonyl (C=O) groups is 2. The first-order valence-corrected chi connectivity index (χ1v) is 7.93. The molecule has 0 spiro atoms. The summed E-state index contributed by atoms with van der Waals surface area (Å²) in [5, 5.41) is 0. The number of methoxy groups -OCH3 is 1. The summed E-state index contributed by atoms with van der Waals surface area (Å²) in [6, 6.07) is 0. The molecule has 1 heterocycles. The van der Waals surface area contributed by atoms with Gasteiger partial charge >= 0.3 is 5.97 Å². The number of nitrogens with zero attached hydrogens (tertiary/aromatic N) is 1. The van der Waals surface area contributed by atoms with E-state index >= 15 is 0 Å². The molecule has 1 saturated heterocycles. The number of hydrogen-bond acceptors (Lipinski definition) is 3. The SMILES string of the molecule is COC(=O)C[C@H](C(=O)N1CCC[C@@]1(C)C(C)(C)C)C(C)C.S.S. The molecule has 1 fully saturated rings. The van der Waals surface area contributed by atoms with Gasteiger partial charge in [-0.2, -0.15) is 27.0 Å². The Balaban J connectivity index is 0. The zero-order chi connectivity index (χ0) is 16.4. The molecule has 6 heteroatoms. The third-order valence-corrected chi connectivity index (χ3v) is 5.26. The maximum atomic E-state index is 13.0. The molecule has 0 aromatic carbocycles. The second-order valence-corrected chi connectivity index (χ2v) is 7.75. The van der Waals surface area contributed by atoms with Crippen molar-refractivity contribution in [2.75, 3.05) is 13.7 Å². The zero-order valence-corrected chi connectivity index (χ0v) is 17.7. The lowest BCUT2D eigenvalue weighted by atomic mass is 9.72. The van der Waals surface area contributed by atoms with Crippen LogP contribution in [0.3, 0.4) is 0 Å². The Morgan fingerprint density at radius 1 is 1.22 bits per heavy atom. The van der Waals surface area contributed by atoms with Crippen LogP contribution >= 0.6 is 27.0 Å². The minimum Gasteiger partial charge on any atom is -0.469 e. The molecule has 0 unspecified atom stereocenters. The van der Waals surface area contributed by atoms with Gasteiger partial charge in [0.1, 0.15) is 0 Å². The van der Waals surface area contributed by atoms with Gasteiger partial charge in [-0.15, -0.1) is 0 Å². The van der Waals surface area contributed by atoms with Crippen LogP contribution in [-0.4, -0.2) is 36.0 Å². The number of esters is 1. The molecule has 0 aromatic rings. The highest BCUT2D eigenvalue weighted by molar-refractivity contribution is 7.59. The number of likely N-dealkylation sites (tertiary alicyclic amines) is 1. The minimum atomic E-state index is -0.307. The Labute approximate surface area is 155 Å². The second kappa shape index (κ2) is 9.21. The summed E-state index contributed by atoms with van der Waals surface area (Å²) in [7, 11) is 1.37. The van der Waals surface area contributed by atoms with Crippen LogP contribution in [0.4, 0.5) is 0 Å². The summed E-state index contributed by atoms with van der Waals surface area (Å²) < 4.78 is 4.75. The summed E-state index contributed by atoms with van der Waals surface area (Å²) >= 11 is 0. The summed E-state index contributed by atoms with van der Waals surface area (Å²) in [6.45, 7) is 13.5. The predicted octanol–water partition coefficient (Wildman–Crippen LogP) is 3.47. The van der Waals surface area contributed by atoms with Gasteiger partial charge in [-0.05, 0) is 31.1 Å². The zero-order valence-electron chi connectivity index (χ0n) is 15.7. The van der Waals surface area contributed by atoms with Crippen LogP contribution in [0.1, 0.15) is 60.8 Å². The monoisotopic (exact) mass is 365 g/mol. The van der Waals surface area contributed by atoms with E-state index in [9.17, 15) is 9.59 Å². The Kier molecular flexibility index (Phi) is 9.96. The fourth-order valence-electron chi connectivity index (χ4n) is 3.17. The van der Waals surface area contributed by atoms with Crippen molar-refractivity contribution in [2.45, 2.75) is 66.3 Å². The van der Waals surface area contributed by atoms with Crippen LogP contribution < -0.4 is 0 Å². The van der Waals surface area contributed by atoms with Crippen LogP contribution in [0.15, 0.2) is 0 Å². The lowest BCUT2D eigenvalue weighted by molar-refractivity contribution is -0.151. The van der Waals surface area contributed by atoms with Gasteiger partial charge < -0.3 is 9.64 Å². The van der Waals surface area contributed by atoms with E-state index in [2.05, 4.69) is 27.7 Å². The first-order valence-electron chi connectivity index (χ1n) is 7.93. The standard InChI is InChI=1S/C17H31NO3.2H2S/c1-12(2)13(11-14(19)21-7)15(20)18-10-8-9-17(18,6)16(3,4)5;;/h12-13H,8-11H2,1-7H3;2*1H2/t13-,17-;;/m0../s1. The van der Waals surface area contributed by atoms with Gasteiger partial charge in [0.25, 0.3) is 0 Å². The molecule has 1 aliphatic rings. The van der Waals surface area contributed by atoms with Crippen molar-refractivity contribution in [1.29, 1.82) is 0 Å². The molecule has 138 valence electrons. The van der Waals surface area contributed by atoms with E-state index < -0.39 is 0 Å². The number of hydrogen-bond donors (Lipinski definition) is 0. The highest BCUT2D eigenvalue weighted by atomic mass is 32.1. The summed E-state index contributed by atoms with van der Waals surface area (Å²) in [5.41, 5.74) is -0.126. The van der Waals surface area contributed by atoms with Gasteiger partial charge in [0, 0.05) is 12.1 Å². The second-order valence-electron chi connectivity index (χ2n) is 7.75. The Bertz CT molecular complexity index is 407. The fraction of sp³-hybridized carbons (Fsp3) is 0.882. The molecule has 2 atom stereocenters. The first-order chi connectivity index (χ1) is 9.54. The lowest BCUT2D eigenvalue weighted by Crippen LogP contribution is -2.55. The molecule has 0 radical (unpaired) electrons. The third-order valence-electron chi connectivity index (χ3n) is 5.26. The van der Waals surface area contributed by atoms with Crippen LogP contribution in [0.25, 0.3) is 0 Å². The molecule has 0 aliphatic carbocycles. The minimum absolute atomic E-state index is 0. The lowest BCUT2D eigenvalue weighted by Gasteiger charge is -2.47. The molecule has 0 saturated carbocycles. The maximum Gasteiger partial charge on any atom is 0.306 e. The van der Waals surface area contributed by atoms with Crippen LogP contribution in [0.5, 0.6) is 0 Å². The van der Waals surface area contributed by atoms with E-state index in [1.165, 1.54) is 7.11 Å². The van der Waals surface area contributed by atoms with Crippen molar-refractivity contribution in [2.24, 2.45) is 17.3 Å². The normalized spacial score (nSPS) is 22.2. The van der Waals surface area contributed by atoms with E-state index in [0.29, 0.717) is 0 Å². The van der Waals surface area contributed by atoms with E-state index in [1.807, 2.05) is 18.7 Å². The predicted molar refractivity (Wildman–Crippen MR) is 105 cm³/mol. The summed E-state index contributed by atoms with van der Waals surface area (Å²) in [6.07, 6.45) is 2.22. The summed E-state index contributed by atoms with van der Waals surface area (Å²) in [5.74, 6) is -0.373. The number of rotatable bonds is 4. The van der Waals surface area contributed by atoms with Gasteiger partial charge in [0.05, 0.1) is 19.4 Å².